The molecule has 1 saturated heterocycles. The number of halogens is 3. The molecule has 0 aromatic heterocycles. The second-order valence-electron chi connectivity index (χ2n) is 5.11. The van der Waals surface area contributed by atoms with Gasteiger partial charge in [-0.25, -0.2) is 0 Å². The van der Waals surface area contributed by atoms with Crippen LogP contribution in [0.4, 0.5) is 13.2 Å². The molecule has 0 atom stereocenters. The molecule has 0 radical (unpaired) electrons. The molecule has 0 bridgehead atoms. The number of piperidine rings is 1. The van der Waals surface area contributed by atoms with Gasteiger partial charge in [0.15, 0.2) is 0 Å². The number of benzene rings is 1. The number of rotatable bonds is 1. The van der Waals surface area contributed by atoms with Crippen molar-refractivity contribution in [2.24, 2.45) is 5.92 Å². The first-order valence-electron chi connectivity index (χ1n) is 6.44. The fraction of sp³-hybridized carbons (Fsp3) is 0.500. The zero-order valence-corrected chi connectivity index (χ0v) is 11.1. The maximum absolute atomic E-state index is 12.6. The first kappa shape index (κ1) is 14.7. The third kappa shape index (κ3) is 3.05. The van der Waals surface area contributed by atoms with Gasteiger partial charge in [0, 0.05) is 18.7 Å². The summed E-state index contributed by atoms with van der Waals surface area (Å²) in [5.41, 5.74) is 0.955. The zero-order chi connectivity index (χ0) is 14.9. The summed E-state index contributed by atoms with van der Waals surface area (Å²) in [5.74, 6) is -1.64. The van der Waals surface area contributed by atoms with E-state index in [4.69, 9.17) is 0 Å². The molecule has 1 aliphatic heterocycles. The van der Waals surface area contributed by atoms with Crippen LogP contribution in [0.1, 0.15) is 28.8 Å². The van der Waals surface area contributed by atoms with Gasteiger partial charge in [0.25, 0.3) is 5.91 Å². The van der Waals surface area contributed by atoms with Crippen LogP contribution in [0.2, 0.25) is 0 Å². The van der Waals surface area contributed by atoms with Crippen LogP contribution in [0.5, 0.6) is 5.75 Å². The van der Waals surface area contributed by atoms with E-state index in [-0.39, 0.29) is 37.6 Å². The number of carbonyl (C=O) groups is 1. The van der Waals surface area contributed by atoms with Crippen molar-refractivity contribution in [3.8, 4) is 5.75 Å². The smallest absolute Gasteiger partial charge is 0.391 e. The van der Waals surface area contributed by atoms with Crippen molar-refractivity contribution in [3.63, 3.8) is 0 Å². The van der Waals surface area contributed by atoms with E-state index in [1.54, 1.807) is 19.1 Å². The SMILES string of the molecule is Cc1ccc(C(=O)N2CCC(C(F)(F)F)CC2)cc1O. The zero-order valence-electron chi connectivity index (χ0n) is 11.1. The second kappa shape index (κ2) is 5.34. The number of phenolic OH excluding ortho intramolecular Hbond substituents is 1. The number of hydrogen-bond acceptors (Lipinski definition) is 2. The van der Waals surface area contributed by atoms with Crippen LogP contribution in [0.3, 0.4) is 0 Å². The van der Waals surface area contributed by atoms with Crippen molar-refractivity contribution in [1.82, 2.24) is 4.90 Å². The molecule has 3 nitrogen and oxygen atoms in total. The number of hydrogen-bond donors (Lipinski definition) is 1. The molecule has 1 aliphatic rings. The number of phenols is 1. The molecule has 6 heteroatoms. The van der Waals surface area contributed by atoms with E-state index >= 15 is 0 Å². The Kier molecular flexibility index (Phi) is 3.92. The number of alkyl halides is 3. The minimum atomic E-state index is -4.18. The van der Waals surface area contributed by atoms with Gasteiger partial charge in [-0.3, -0.25) is 4.79 Å². The van der Waals surface area contributed by atoms with Gasteiger partial charge in [0.1, 0.15) is 5.75 Å². The van der Waals surface area contributed by atoms with Gasteiger partial charge < -0.3 is 10.0 Å². The highest BCUT2D eigenvalue weighted by Crippen LogP contribution is 2.34. The largest absolute Gasteiger partial charge is 0.508 e. The molecule has 110 valence electrons. The summed E-state index contributed by atoms with van der Waals surface area (Å²) in [5, 5.41) is 9.58. The molecule has 0 saturated carbocycles. The monoisotopic (exact) mass is 287 g/mol. The van der Waals surface area contributed by atoms with E-state index in [2.05, 4.69) is 0 Å². The lowest BCUT2D eigenvalue weighted by Gasteiger charge is -2.33. The normalized spacial score (nSPS) is 17.3. The highest BCUT2D eigenvalue weighted by molar-refractivity contribution is 5.94. The highest BCUT2D eigenvalue weighted by Gasteiger charge is 2.41. The molecule has 2 rings (SSSR count). The lowest BCUT2D eigenvalue weighted by molar-refractivity contribution is -0.183. The van der Waals surface area contributed by atoms with Crippen LogP contribution < -0.4 is 0 Å². The molecule has 20 heavy (non-hydrogen) atoms. The van der Waals surface area contributed by atoms with E-state index in [9.17, 15) is 23.1 Å². The lowest BCUT2D eigenvalue weighted by atomic mass is 9.96. The molecule has 1 aromatic rings. The summed E-state index contributed by atoms with van der Waals surface area (Å²) < 4.78 is 37.7. The van der Waals surface area contributed by atoms with Gasteiger partial charge in [-0.05, 0) is 37.5 Å². The third-order valence-corrected chi connectivity index (χ3v) is 3.70. The predicted octanol–water partition coefficient (Wildman–Crippen LogP) is 3.12. The van der Waals surface area contributed by atoms with E-state index in [0.29, 0.717) is 11.1 Å². The Balaban J connectivity index is 2.03. The minimum absolute atomic E-state index is 0.0148. The van der Waals surface area contributed by atoms with Crippen LogP contribution in [-0.2, 0) is 0 Å². The van der Waals surface area contributed by atoms with Gasteiger partial charge in [-0.1, -0.05) is 6.07 Å². The van der Waals surface area contributed by atoms with Gasteiger partial charge in [-0.15, -0.1) is 0 Å². The summed E-state index contributed by atoms with van der Waals surface area (Å²) >= 11 is 0. The molecule has 1 fully saturated rings. The number of likely N-dealkylation sites (tertiary alicyclic amines) is 1. The van der Waals surface area contributed by atoms with E-state index in [1.807, 2.05) is 0 Å². The van der Waals surface area contributed by atoms with E-state index in [0.717, 1.165) is 0 Å². The van der Waals surface area contributed by atoms with E-state index in [1.165, 1.54) is 11.0 Å². The first-order valence-corrected chi connectivity index (χ1v) is 6.44. The van der Waals surface area contributed by atoms with E-state index < -0.39 is 12.1 Å². The maximum Gasteiger partial charge on any atom is 0.391 e. The van der Waals surface area contributed by atoms with Gasteiger partial charge >= 0.3 is 6.18 Å². The number of aryl methyl sites for hydroxylation is 1. The van der Waals surface area contributed by atoms with Crippen molar-refractivity contribution in [1.29, 1.82) is 0 Å². The van der Waals surface area contributed by atoms with Crippen molar-refractivity contribution >= 4 is 5.91 Å². The summed E-state index contributed by atoms with van der Waals surface area (Å²) in [6, 6.07) is 4.55. The third-order valence-electron chi connectivity index (χ3n) is 3.70. The molecule has 1 amide bonds. The minimum Gasteiger partial charge on any atom is -0.508 e. The van der Waals surface area contributed by atoms with Crippen molar-refractivity contribution in [2.45, 2.75) is 25.9 Å². The maximum atomic E-state index is 12.6. The van der Waals surface area contributed by atoms with Crippen LogP contribution in [-0.4, -0.2) is 35.2 Å². The van der Waals surface area contributed by atoms with Gasteiger partial charge in [0.05, 0.1) is 5.92 Å². The Morgan fingerprint density at radius 2 is 1.90 bits per heavy atom. The topological polar surface area (TPSA) is 40.5 Å². The predicted molar refractivity (Wildman–Crippen MR) is 67.5 cm³/mol. The second-order valence-corrected chi connectivity index (χ2v) is 5.11. The molecular formula is C14H16F3NO2. The highest BCUT2D eigenvalue weighted by atomic mass is 19.4. The van der Waals surface area contributed by atoms with Crippen LogP contribution in [0.15, 0.2) is 18.2 Å². The Bertz CT molecular complexity index is 506. The number of carbonyl (C=O) groups excluding carboxylic acids is 1. The molecule has 0 aliphatic carbocycles. The molecule has 1 aromatic carbocycles. The summed E-state index contributed by atoms with van der Waals surface area (Å²) in [7, 11) is 0. The summed E-state index contributed by atoms with van der Waals surface area (Å²) in [4.78, 5) is 13.6. The van der Waals surface area contributed by atoms with Crippen LogP contribution >= 0.6 is 0 Å². The average Bonchev–Trinajstić information content (AvgIpc) is 2.40. The lowest BCUT2D eigenvalue weighted by Crippen LogP contribution is -2.42. The molecule has 0 spiro atoms. The molecule has 1 heterocycles. The number of nitrogens with zero attached hydrogens (tertiary/aromatic N) is 1. The van der Waals surface area contributed by atoms with Gasteiger partial charge in [0.2, 0.25) is 0 Å². The average molecular weight is 287 g/mol. The molecule has 1 N–H and O–H groups in total. The quantitative estimate of drug-likeness (QED) is 0.862. The Morgan fingerprint density at radius 3 is 2.40 bits per heavy atom. The fourth-order valence-corrected chi connectivity index (χ4v) is 2.33. The Morgan fingerprint density at radius 1 is 1.30 bits per heavy atom. The van der Waals surface area contributed by atoms with Crippen LogP contribution in [0.25, 0.3) is 0 Å². The van der Waals surface area contributed by atoms with Crippen molar-refractivity contribution in [3.05, 3.63) is 29.3 Å². The number of amides is 1. The Labute approximate surface area is 115 Å². The number of aromatic hydroxyl groups is 1. The van der Waals surface area contributed by atoms with Gasteiger partial charge in [-0.2, -0.15) is 13.2 Å². The molecular weight excluding hydrogens is 271 g/mol. The first-order chi connectivity index (χ1) is 9.29. The standard InChI is InChI=1S/C14H16F3NO2/c1-9-2-3-10(8-12(9)19)13(20)18-6-4-11(5-7-18)14(15,16)17/h2-3,8,11,19H,4-7H2,1H3. The summed E-state index contributed by atoms with van der Waals surface area (Å²) in [6.45, 7) is 1.90. The van der Waals surface area contributed by atoms with Crippen molar-refractivity contribution < 1.29 is 23.1 Å². The van der Waals surface area contributed by atoms with Crippen molar-refractivity contribution in [2.75, 3.05) is 13.1 Å². The molecule has 0 unspecified atom stereocenters. The fourth-order valence-electron chi connectivity index (χ4n) is 2.33. The van der Waals surface area contributed by atoms with Crippen LogP contribution in [0, 0.1) is 12.8 Å². The Hall–Kier alpha value is -1.72. The summed E-state index contributed by atoms with van der Waals surface area (Å²) in [6.07, 6.45) is -4.31.